The molecule has 0 unspecified atom stereocenters. The molecule has 1 fully saturated rings. The number of aliphatic hydroxyl groups is 1. The van der Waals surface area contributed by atoms with Crippen LogP contribution in [0.1, 0.15) is 40.1 Å². The summed E-state index contributed by atoms with van der Waals surface area (Å²) in [4.78, 5) is 16.1. The third-order valence-corrected chi connectivity index (χ3v) is 6.51. The first kappa shape index (κ1) is 24.1. The van der Waals surface area contributed by atoms with Gasteiger partial charge in [0.1, 0.15) is 6.10 Å². The summed E-state index contributed by atoms with van der Waals surface area (Å²) in [6.45, 7) is 8.10. The molecule has 3 aromatic rings. The van der Waals surface area contributed by atoms with E-state index in [1.165, 1.54) is 5.56 Å². The van der Waals surface area contributed by atoms with Crippen LogP contribution in [0.4, 0.5) is 5.69 Å². The van der Waals surface area contributed by atoms with Crippen LogP contribution in [0, 0.1) is 6.92 Å². The number of ketones is 1. The molecule has 1 saturated heterocycles. The molecule has 0 amide bonds. The van der Waals surface area contributed by atoms with Crippen LogP contribution in [0.5, 0.6) is 0 Å². The molecule has 0 aliphatic carbocycles. The number of benzene rings is 3. The Labute approximate surface area is 202 Å². The zero-order valence-electron chi connectivity index (χ0n) is 20.1. The average molecular weight is 459 g/mol. The summed E-state index contributed by atoms with van der Waals surface area (Å²) < 4.78 is 6.30. The molecule has 178 valence electrons. The Balaban J connectivity index is 1.30. The van der Waals surface area contributed by atoms with Crippen LogP contribution in [0.25, 0.3) is 0 Å². The number of β-amino-alcohol motifs (C(OH)–C–C–N with tert-alkyl or cyclic N) is 1. The topological polar surface area (TPSA) is 53.0 Å². The number of hydrogen-bond acceptors (Lipinski definition) is 5. The Morgan fingerprint density at radius 2 is 1.56 bits per heavy atom. The Kier molecular flexibility index (Phi) is 8.12. The first-order valence-electron chi connectivity index (χ1n) is 12.0. The summed E-state index contributed by atoms with van der Waals surface area (Å²) in [5.41, 5.74) is 5.28. The number of hydrogen-bond donors (Lipinski definition) is 1. The van der Waals surface area contributed by atoms with Crippen LogP contribution in [0.2, 0.25) is 0 Å². The molecule has 5 heteroatoms. The Hall–Kier alpha value is -2.99. The van der Waals surface area contributed by atoms with Gasteiger partial charge in [-0.1, -0.05) is 54.6 Å². The smallest absolute Gasteiger partial charge is 0.159 e. The van der Waals surface area contributed by atoms with Crippen molar-refractivity contribution in [1.29, 1.82) is 0 Å². The predicted octanol–water partition coefficient (Wildman–Crippen LogP) is 4.49. The molecule has 3 aromatic carbocycles. The highest BCUT2D eigenvalue weighted by Crippen LogP contribution is 2.28. The number of carbonyl (C=O) groups is 1. The minimum Gasteiger partial charge on any atom is -0.389 e. The van der Waals surface area contributed by atoms with Crippen LogP contribution in [0.15, 0.2) is 78.9 Å². The Morgan fingerprint density at radius 1 is 0.912 bits per heavy atom. The van der Waals surface area contributed by atoms with Crippen LogP contribution in [0.3, 0.4) is 0 Å². The maximum atomic E-state index is 11.5. The number of aryl methyl sites for hydroxylation is 1. The molecule has 0 spiro atoms. The number of ether oxygens (including phenoxy) is 1. The van der Waals surface area contributed by atoms with Crippen LogP contribution in [-0.4, -0.2) is 61.2 Å². The highest BCUT2D eigenvalue weighted by molar-refractivity contribution is 5.94. The van der Waals surface area contributed by atoms with Gasteiger partial charge in [-0.15, -0.1) is 0 Å². The molecule has 1 heterocycles. The Bertz CT molecular complexity index is 1060. The van der Waals surface area contributed by atoms with Gasteiger partial charge in [0.25, 0.3) is 0 Å². The van der Waals surface area contributed by atoms with E-state index in [9.17, 15) is 9.90 Å². The number of carbonyl (C=O) groups excluding carboxylic acids is 1. The van der Waals surface area contributed by atoms with E-state index in [1.807, 2.05) is 54.6 Å². The van der Waals surface area contributed by atoms with Crippen molar-refractivity contribution in [1.82, 2.24) is 4.90 Å². The number of piperazine rings is 1. The van der Waals surface area contributed by atoms with Gasteiger partial charge in [-0.05, 0) is 54.8 Å². The van der Waals surface area contributed by atoms with E-state index in [2.05, 4.69) is 41.0 Å². The second kappa shape index (κ2) is 11.4. The zero-order chi connectivity index (χ0) is 23.9. The SMILES string of the molecule is CC(=O)c1ccc(N2CCN(C[C@H](O)CO[C@H](c3ccccc3)c3ccccc3C)CC2)cc1. The van der Waals surface area contributed by atoms with Gasteiger partial charge in [-0.2, -0.15) is 0 Å². The standard InChI is InChI=1S/C29H34N2O3/c1-22-8-6-7-11-28(22)29(25-9-4-3-5-10-25)34-21-27(33)20-30-16-18-31(19-17-30)26-14-12-24(13-15-26)23(2)32/h3-15,27,29,33H,16-21H2,1-2H3/t27-,29+/m0/s1. The van der Waals surface area contributed by atoms with Gasteiger partial charge in [0.2, 0.25) is 0 Å². The van der Waals surface area contributed by atoms with E-state index in [-0.39, 0.29) is 18.5 Å². The molecule has 1 aliphatic heterocycles. The number of anilines is 1. The maximum absolute atomic E-state index is 11.5. The second-order valence-corrected chi connectivity index (χ2v) is 9.03. The quantitative estimate of drug-likeness (QED) is 0.479. The fourth-order valence-corrected chi connectivity index (χ4v) is 4.53. The lowest BCUT2D eigenvalue weighted by molar-refractivity contribution is -0.00911. The highest BCUT2D eigenvalue weighted by atomic mass is 16.5. The minimum absolute atomic E-state index is 0.0875. The highest BCUT2D eigenvalue weighted by Gasteiger charge is 2.22. The summed E-state index contributed by atoms with van der Waals surface area (Å²) in [6, 6.07) is 26.3. The molecule has 1 aliphatic rings. The molecular weight excluding hydrogens is 424 g/mol. The first-order valence-corrected chi connectivity index (χ1v) is 12.0. The third kappa shape index (κ3) is 6.11. The van der Waals surface area contributed by atoms with Crippen molar-refractivity contribution in [3.05, 3.63) is 101 Å². The van der Waals surface area contributed by atoms with Crippen molar-refractivity contribution in [2.75, 3.05) is 44.2 Å². The van der Waals surface area contributed by atoms with Gasteiger partial charge >= 0.3 is 0 Å². The number of nitrogens with zero attached hydrogens (tertiary/aromatic N) is 2. The number of Topliss-reactive ketones (excluding diaryl/α,β-unsaturated/α-hetero) is 1. The summed E-state index contributed by atoms with van der Waals surface area (Å²) in [5.74, 6) is 0.0875. The van der Waals surface area contributed by atoms with Gasteiger partial charge in [0.15, 0.2) is 5.78 Å². The molecule has 0 saturated carbocycles. The van der Waals surface area contributed by atoms with Gasteiger partial charge in [0.05, 0.1) is 12.7 Å². The van der Waals surface area contributed by atoms with Crippen molar-refractivity contribution >= 4 is 11.5 Å². The largest absolute Gasteiger partial charge is 0.389 e. The van der Waals surface area contributed by atoms with Crippen molar-refractivity contribution in [3.63, 3.8) is 0 Å². The number of aliphatic hydroxyl groups excluding tert-OH is 1. The van der Waals surface area contributed by atoms with E-state index in [4.69, 9.17) is 4.74 Å². The summed E-state index contributed by atoms with van der Waals surface area (Å²) in [6.07, 6.45) is -0.761. The average Bonchev–Trinajstić information content (AvgIpc) is 2.86. The van der Waals surface area contributed by atoms with Gasteiger partial charge in [-0.3, -0.25) is 9.69 Å². The van der Waals surface area contributed by atoms with Crippen molar-refractivity contribution in [2.24, 2.45) is 0 Å². The number of rotatable bonds is 9. The van der Waals surface area contributed by atoms with Crippen LogP contribution in [-0.2, 0) is 4.74 Å². The van der Waals surface area contributed by atoms with Crippen molar-refractivity contribution in [3.8, 4) is 0 Å². The lowest BCUT2D eigenvalue weighted by Gasteiger charge is -2.37. The lowest BCUT2D eigenvalue weighted by atomic mass is 9.97. The fraction of sp³-hybridized carbons (Fsp3) is 0.345. The van der Waals surface area contributed by atoms with Crippen LogP contribution >= 0.6 is 0 Å². The summed E-state index contributed by atoms with van der Waals surface area (Å²) in [7, 11) is 0. The third-order valence-electron chi connectivity index (χ3n) is 6.51. The molecule has 34 heavy (non-hydrogen) atoms. The fourth-order valence-electron chi connectivity index (χ4n) is 4.53. The molecule has 5 nitrogen and oxygen atoms in total. The molecular formula is C29H34N2O3. The maximum Gasteiger partial charge on any atom is 0.159 e. The molecule has 0 radical (unpaired) electrons. The predicted molar refractivity (Wildman–Crippen MR) is 137 cm³/mol. The van der Waals surface area contributed by atoms with Crippen LogP contribution < -0.4 is 4.90 Å². The summed E-state index contributed by atoms with van der Waals surface area (Å²) in [5, 5.41) is 10.8. The molecule has 2 atom stereocenters. The zero-order valence-corrected chi connectivity index (χ0v) is 20.1. The normalized spacial score (nSPS) is 16.3. The lowest BCUT2D eigenvalue weighted by Crippen LogP contribution is -2.49. The minimum atomic E-state index is -0.559. The molecule has 0 bridgehead atoms. The van der Waals surface area contributed by atoms with Gasteiger partial charge in [-0.25, -0.2) is 0 Å². The summed E-state index contributed by atoms with van der Waals surface area (Å²) >= 11 is 0. The molecule has 0 aromatic heterocycles. The van der Waals surface area contributed by atoms with Crippen molar-refractivity contribution in [2.45, 2.75) is 26.1 Å². The van der Waals surface area contributed by atoms with E-state index in [0.717, 1.165) is 48.6 Å². The Morgan fingerprint density at radius 3 is 2.21 bits per heavy atom. The molecule has 1 N–H and O–H groups in total. The van der Waals surface area contributed by atoms with E-state index in [1.54, 1.807) is 6.92 Å². The second-order valence-electron chi connectivity index (χ2n) is 9.03. The van der Waals surface area contributed by atoms with Gasteiger partial charge in [0, 0.05) is 44.0 Å². The van der Waals surface area contributed by atoms with Crippen molar-refractivity contribution < 1.29 is 14.6 Å². The van der Waals surface area contributed by atoms with E-state index >= 15 is 0 Å². The first-order chi connectivity index (χ1) is 16.5. The van der Waals surface area contributed by atoms with Gasteiger partial charge < -0.3 is 14.7 Å². The monoisotopic (exact) mass is 458 g/mol. The van der Waals surface area contributed by atoms with E-state index in [0.29, 0.717) is 6.54 Å². The van der Waals surface area contributed by atoms with E-state index < -0.39 is 6.10 Å². The molecule has 4 rings (SSSR count).